The molecule has 1 aliphatic rings. The van der Waals surface area contributed by atoms with Gasteiger partial charge in [0.15, 0.2) is 0 Å². The van der Waals surface area contributed by atoms with Crippen LogP contribution in [0.5, 0.6) is 0 Å². The molecule has 0 saturated carbocycles. The number of hydrogen-bond donors (Lipinski definition) is 0. The molecule has 1 aliphatic carbocycles. The Morgan fingerprint density at radius 2 is 1.42 bits per heavy atom. The standard InChI is InChI=1S/C6H4O2.ClHO2S/c7-5-3-1-2-4-6(5)8;1-4(2)3/h1-4H;(H,2,3)/p-1. The first-order valence-corrected chi connectivity index (χ1v) is 4.62. The van der Waals surface area contributed by atoms with Crippen LogP contribution in [0.25, 0.3) is 0 Å². The van der Waals surface area contributed by atoms with Crippen LogP contribution < -0.4 is 0 Å². The highest BCUT2D eigenvalue weighted by molar-refractivity contribution is 8.03. The van der Waals surface area contributed by atoms with E-state index >= 15 is 0 Å². The second-order valence-corrected chi connectivity index (χ2v) is 2.78. The quantitative estimate of drug-likeness (QED) is 0.247. The maximum atomic E-state index is 10.3. The Morgan fingerprint density at radius 3 is 1.58 bits per heavy atom. The number of carbonyl (C=O) groups is 2. The zero-order valence-electron chi connectivity index (χ0n) is 5.73. The summed E-state index contributed by atoms with van der Waals surface area (Å²) in [5.74, 6) is -0.875. The minimum atomic E-state index is -2.39. The Labute approximate surface area is 75.7 Å². The Morgan fingerprint density at radius 1 is 1.17 bits per heavy atom. The molecule has 0 aromatic carbocycles. The first-order chi connectivity index (χ1) is 5.54. The van der Waals surface area contributed by atoms with E-state index in [2.05, 4.69) is 10.7 Å². The van der Waals surface area contributed by atoms with Crippen LogP contribution in [0, 0.1) is 0 Å². The van der Waals surface area contributed by atoms with Crippen molar-refractivity contribution in [3.63, 3.8) is 0 Å². The zero-order valence-corrected chi connectivity index (χ0v) is 7.30. The van der Waals surface area contributed by atoms with Crippen LogP contribution in [0.2, 0.25) is 0 Å². The summed E-state index contributed by atoms with van der Waals surface area (Å²) in [5, 5.41) is 0. The summed E-state index contributed by atoms with van der Waals surface area (Å²) in [6, 6.07) is 0. The summed E-state index contributed by atoms with van der Waals surface area (Å²) >= 11 is 0. The number of halogens is 1. The lowest BCUT2D eigenvalue weighted by Gasteiger charge is -1.88. The number of hydrogen-bond acceptors (Lipinski definition) is 4. The van der Waals surface area contributed by atoms with Gasteiger partial charge in [-0.15, -0.1) is 0 Å². The van der Waals surface area contributed by atoms with Crippen LogP contribution in [0.4, 0.5) is 0 Å². The second kappa shape index (κ2) is 5.82. The summed E-state index contributed by atoms with van der Waals surface area (Å²) in [7, 11) is 1.80. The van der Waals surface area contributed by atoms with E-state index in [0.29, 0.717) is 0 Å². The molecule has 0 spiro atoms. The number of carbonyl (C=O) groups excluding carboxylic acids is 2. The van der Waals surface area contributed by atoms with E-state index in [0.717, 1.165) is 0 Å². The molecule has 12 heavy (non-hydrogen) atoms. The van der Waals surface area contributed by atoms with E-state index in [4.69, 9.17) is 8.76 Å². The Kier molecular flexibility index (Phi) is 5.44. The SMILES string of the molecule is O=C1C=CC=CC1=O.O=S([O-])Cl. The van der Waals surface area contributed by atoms with Crippen LogP contribution in [0.3, 0.4) is 0 Å². The normalized spacial score (nSPS) is 16.8. The highest BCUT2D eigenvalue weighted by Crippen LogP contribution is 1.90. The fourth-order valence-corrected chi connectivity index (χ4v) is 0.450. The van der Waals surface area contributed by atoms with Crippen molar-refractivity contribution in [3.8, 4) is 0 Å². The maximum Gasteiger partial charge on any atom is 0.225 e. The van der Waals surface area contributed by atoms with Gasteiger partial charge in [0.1, 0.15) is 0 Å². The van der Waals surface area contributed by atoms with Gasteiger partial charge in [-0.2, -0.15) is 0 Å². The average Bonchev–Trinajstić information content (AvgIpc) is 1.94. The second-order valence-electron chi connectivity index (χ2n) is 1.64. The van der Waals surface area contributed by atoms with Crippen LogP contribution in [0.15, 0.2) is 24.3 Å². The minimum Gasteiger partial charge on any atom is -0.760 e. The van der Waals surface area contributed by atoms with Crippen molar-refractivity contribution >= 4 is 32.5 Å². The molecule has 0 aromatic rings. The Balaban J connectivity index is 0.000000261. The molecule has 1 atom stereocenters. The molecule has 0 saturated heterocycles. The fraction of sp³-hybridized carbons (Fsp3) is 0. The minimum absolute atomic E-state index is 0.437. The number of rotatable bonds is 0. The first-order valence-electron chi connectivity index (χ1n) is 2.72. The lowest BCUT2D eigenvalue weighted by atomic mass is 10.1. The molecule has 0 aliphatic heterocycles. The molecular formula is C6H4ClO4S-. The monoisotopic (exact) mass is 207 g/mol. The van der Waals surface area contributed by atoms with E-state index in [9.17, 15) is 9.59 Å². The first kappa shape index (κ1) is 11.2. The summed E-state index contributed by atoms with van der Waals surface area (Å²) in [6.07, 6.45) is 5.60. The zero-order chi connectivity index (χ0) is 9.56. The van der Waals surface area contributed by atoms with Gasteiger partial charge in [0.2, 0.25) is 11.6 Å². The molecule has 0 fully saturated rings. The van der Waals surface area contributed by atoms with Gasteiger partial charge in [0, 0.05) is 10.3 Å². The third-order valence-electron chi connectivity index (χ3n) is 0.849. The smallest absolute Gasteiger partial charge is 0.225 e. The van der Waals surface area contributed by atoms with E-state index in [1.165, 1.54) is 12.2 Å². The molecular weight excluding hydrogens is 204 g/mol. The highest BCUT2D eigenvalue weighted by Gasteiger charge is 2.06. The largest absolute Gasteiger partial charge is 0.760 e. The lowest BCUT2D eigenvalue weighted by Crippen LogP contribution is -2.08. The third-order valence-corrected chi connectivity index (χ3v) is 0.849. The third kappa shape index (κ3) is 5.96. The molecule has 66 valence electrons. The van der Waals surface area contributed by atoms with Crippen molar-refractivity contribution in [1.82, 2.24) is 0 Å². The van der Waals surface area contributed by atoms with Gasteiger partial charge < -0.3 is 4.55 Å². The topological polar surface area (TPSA) is 74.3 Å². The van der Waals surface area contributed by atoms with E-state index in [1.54, 1.807) is 12.2 Å². The van der Waals surface area contributed by atoms with Gasteiger partial charge in [-0.05, 0) is 22.8 Å². The molecule has 0 N–H and O–H groups in total. The molecule has 1 rings (SSSR count). The number of ketones is 2. The van der Waals surface area contributed by atoms with Crippen molar-refractivity contribution in [2.45, 2.75) is 0 Å². The van der Waals surface area contributed by atoms with Crippen LogP contribution >= 0.6 is 10.7 Å². The van der Waals surface area contributed by atoms with Crippen LogP contribution in [0.1, 0.15) is 0 Å². The molecule has 0 aromatic heterocycles. The molecule has 1 unspecified atom stereocenters. The Bertz CT molecular complexity index is 243. The van der Waals surface area contributed by atoms with Crippen molar-refractivity contribution in [2.24, 2.45) is 0 Å². The molecule has 0 radical (unpaired) electrons. The van der Waals surface area contributed by atoms with Crippen molar-refractivity contribution in [1.29, 1.82) is 0 Å². The van der Waals surface area contributed by atoms with Crippen molar-refractivity contribution < 1.29 is 18.4 Å². The maximum absolute atomic E-state index is 10.3. The highest BCUT2D eigenvalue weighted by atomic mass is 35.7. The summed E-state index contributed by atoms with van der Waals surface area (Å²) in [5.41, 5.74) is 0. The molecule has 6 heteroatoms. The van der Waals surface area contributed by atoms with Gasteiger partial charge in [-0.1, -0.05) is 12.2 Å². The molecule has 0 heterocycles. The van der Waals surface area contributed by atoms with Crippen LogP contribution in [-0.4, -0.2) is 20.3 Å². The lowest BCUT2D eigenvalue weighted by molar-refractivity contribution is -0.131. The predicted molar refractivity (Wildman–Crippen MR) is 43.1 cm³/mol. The summed E-state index contributed by atoms with van der Waals surface area (Å²) in [6.45, 7) is 0. The number of allylic oxidation sites excluding steroid dienone is 4. The predicted octanol–water partition coefficient (Wildman–Crippen LogP) is 0.270. The molecule has 0 bridgehead atoms. The average molecular weight is 208 g/mol. The van der Waals surface area contributed by atoms with Gasteiger partial charge in [0.05, 0.1) is 0 Å². The fourth-order valence-electron chi connectivity index (χ4n) is 0.450. The summed E-state index contributed by atoms with van der Waals surface area (Å²) < 4.78 is 17.5. The molecule has 0 amide bonds. The Hall–Kier alpha value is -0.780. The van der Waals surface area contributed by atoms with E-state index in [-0.39, 0.29) is 0 Å². The van der Waals surface area contributed by atoms with Crippen molar-refractivity contribution in [2.75, 3.05) is 0 Å². The molecule has 4 nitrogen and oxygen atoms in total. The van der Waals surface area contributed by atoms with Crippen LogP contribution in [-0.2, 0) is 19.9 Å². The van der Waals surface area contributed by atoms with Gasteiger partial charge in [-0.3, -0.25) is 13.8 Å². The van der Waals surface area contributed by atoms with Gasteiger partial charge >= 0.3 is 0 Å². The van der Waals surface area contributed by atoms with Gasteiger partial charge in [0.25, 0.3) is 0 Å². The van der Waals surface area contributed by atoms with E-state index < -0.39 is 21.9 Å². The van der Waals surface area contributed by atoms with E-state index in [1.807, 2.05) is 0 Å². The summed E-state index contributed by atoms with van der Waals surface area (Å²) in [4.78, 5) is 20.6. The van der Waals surface area contributed by atoms with Gasteiger partial charge in [-0.25, -0.2) is 0 Å². The van der Waals surface area contributed by atoms with Crippen molar-refractivity contribution in [3.05, 3.63) is 24.3 Å².